The van der Waals surface area contributed by atoms with Crippen molar-refractivity contribution in [2.24, 2.45) is 6.98 Å². The molecule has 312 valence electrons. The summed E-state index contributed by atoms with van der Waals surface area (Å²) in [6.07, 6.45) is 3.65. The number of nitrogens with zero attached hydrogens (tertiary/aromatic N) is 4. The highest BCUT2D eigenvalue weighted by atomic mass is 15.1. The summed E-state index contributed by atoms with van der Waals surface area (Å²) < 4.78 is 30.9. The highest BCUT2D eigenvalue weighted by Crippen LogP contribution is 2.48. The Kier molecular flexibility index (Phi) is 8.79. The number of rotatable bonds is 9. The Hall–Kier alpha value is -8.60. The number of aryl methyl sites for hydroxylation is 1. The molecule has 0 aliphatic rings. The standard InChI is InChI=1S/C62H45N4/c1-64-43-65(58-35-17-16-34-57(58)64)51-29-18-28-49(41-51)62(47-24-10-4-11-25-47,48-26-12-5-13-27-48)50-36-37-55-54-30-14-15-33-56(54)66(59(55)42-50)60-40-46(38-39-63-60)61-52(44-20-6-2-7-21-44)31-19-32-53(61)45-22-8-3-9-23-45/h2-43H,1H3/q+1/i1D3. The Balaban J connectivity index is 1.12. The molecule has 0 radical (unpaired) electrons. The van der Waals surface area contributed by atoms with E-state index in [1.165, 1.54) is 4.57 Å². The molecule has 12 rings (SSSR count). The number of benzene rings is 9. The van der Waals surface area contributed by atoms with Crippen LogP contribution in [0.2, 0.25) is 0 Å². The molecule has 0 atom stereocenters. The van der Waals surface area contributed by atoms with Crippen LogP contribution in [0.4, 0.5) is 0 Å². The van der Waals surface area contributed by atoms with E-state index in [2.05, 4.69) is 223 Å². The van der Waals surface area contributed by atoms with Crippen molar-refractivity contribution in [3.05, 3.63) is 277 Å². The maximum absolute atomic E-state index is 8.42. The second kappa shape index (κ2) is 16.2. The number of para-hydroxylation sites is 3. The van der Waals surface area contributed by atoms with Gasteiger partial charge in [-0.1, -0.05) is 176 Å². The van der Waals surface area contributed by atoms with E-state index >= 15 is 0 Å². The highest BCUT2D eigenvalue weighted by Gasteiger charge is 2.39. The van der Waals surface area contributed by atoms with Crippen molar-refractivity contribution >= 4 is 32.8 Å². The van der Waals surface area contributed by atoms with E-state index in [0.29, 0.717) is 5.52 Å². The lowest BCUT2D eigenvalue weighted by Crippen LogP contribution is -2.31. The first-order valence-corrected chi connectivity index (χ1v) is 22.4. The predicted molar refractivity (Wildman–Crippen MR) is 273 cm³/mol. The van der Waals surface area contributed by atoms with Gasteiger partial charge >= 0.3 is 0 Å². The van der Waals surface area contributed by atoms with E-state index in [9.17, 15) is 0 Å². The Labute approximate surface area is 388 Å². The van der Waals surface area contributed by atoms with Crippen molar-refractivity contribution in [3.63, 3.8) is 0 Å². The molecule has 0 aliphatic heterocycles. The zero-order valence-electron chi connectivity index (χ0n) is 39.0. The first kappa shape index (κ1) is 35.8. The molecule has 0 bridgehead atoms. The Morgan fingerprint density at radius 3 is 1.64 bits per heavy atom. The third-order valence-corrected chi connectivity index (χ3v) is 13.2. The van der Waals surface area contributed by atoms with Crippen molar-refractivity contribution in [3.8, 4) is 44.9 Å². The van der Waals surface area contributed by atoms with Gasteiger partial charge in [-0.05, 0) is 98.1 Å². The molecular formula is C62H45N4+. The second-order valence-electron chi connectivity index (χ2n) is 16.8. The van der Waals surface area contributed by atoms with Crippen molar-refractivity contribution in [2.75, 3.05) is 0 Å². The van der Waals surface area contributed by atoms with Crippen LogP contribution >= 0.6 is 0 Å². The fourth-order valence-corrected chi connectivity index (χ4v) is 10.3. The summed E-state index contributed by atoms with van der Waals surface area (Å²) in [6.45, 7) is -2.36. The molecule has 0 saturated carbocycles. The molecule has 4 nitrogen and oxygen atoms in total. The van der Waals surface area contributed by atoms with Gasteiger partial charge in [-0.25, -0.2) is 9.55 Å². The van der Waals surface area contributed by atoms with E-state index < -0.39 is 12.4 Å². The topological polar surface area (TPSA) is 27.7 Å². The third-order valence-electron chi connectivity index (χ3n) is 13.2. The van der Waals surface area contributed by atoms with Crippen molar-refractivity contribution in [2.45, 2.75) is 5.41 Å². The van der Waals surface area contributed by atoms with Gasteiger partial charge in [0.15, 0.2) is 17.4 Å². The average molecular weight is 849 g/mol. The molecule has 0 spiro atoms. The maximum atomic E-state index is 8.42. The quantitative estimate of drug-likeness (QED) is 0.105. The van der Waals surface area contributed by atoms with Crippen LogP contribution in [0.1, 0.15) is 26.4 Å². The van der Waals surface area contributed by atoms with Gasteiger partial charge in [0, 0.05) is 52.3 Å². The SMILES string of the molecule is [2H]C([2H])([2H])n1[cH+]n(-c2cccc(C(c3ccccc3)(c3ccccc3)c3ccc4c5ccccc5n(-c5cc(-c6c(-c7ccccc7)cccc6-c6ccccc6)ccn5)c4c3)c2)c2ccccc21. The second-order valence-corrected chi connectivity index (χ2v) is 16.8. The van der Waals surface area contributed by atoms with Crippen LogP contribution in [0.5, 0.6) is 0 Å². The number of imidazole rings is 1. The molecule has 3 heterocycles. The molecule has 0 aliphatic carbocycles. The van der Waals surface area contributed by atoms with Crippen molar-refractivity contribution < 1.29 is 4.11 Å². The van der Waals surface area contributed by atoms with Crippen LogP contribution in [-0.4, -0.2) is 18.7 Å². The van der Waals surface area contributed by atoms with Crippen LogP contribution in [0, 0.1) is 0 Å². The van der Waals surface area contributed by atoms with Crippen molar-refractivity contribution in [1.29, 1.82) is 0 Å². The van der Waals surface area contributed by atoms with Gasteiger partial charge in [0.05, 0.1) is 16.4 Å². The number of hydrogen-bond donors (Lipinski definition) is 0. The number of fused-ring (bicyclic) bond motifs is 4. The van der Waals surface area contributed by atoms with Gasteiger partial charge in [-0.15, -0.1) is 0 Å². The third kappa shape index (κ3) is 6.37. The van der Waals surface area contributed by atoms with Gasteiger partial charge < -0.3 is 0 Å². The molecule has 0 amide bonds. The largest absolute Gasteiger partial charge is 0.294 e. The smallest absolute Gasteiger partial charge is 0.191 e. The van der Waals surface area contributed by atoms with E-state index in [0.717, 1.165) is 94.5 Å². The summed E-state index contributed by atoms with van der Waals surface area (Å²) in [4.78, 5) is 5.19. The number of hydrogen-bond acceptors (Lipinski definition) is 1. The molecular weight excluding hydrogens is 801 g/mol. The fraction of sp³-hybridized carbons (Fsp3) is 0.0323. The van der Waals surface area contributed by atoms with Crippen molar-refractivity contribution in [1.82, 2.24) is 18.7 Å². The molecule has 0 N–H and O–H groups in total. The van der Waals surface area contributed by atoms with Crippen LogP contribution in [0.15, 0.2) is 255 Å². The van der Waals surface area contributed by atoms with E-state index in [4.69, 9.17) is 9.10 Å². The van der Waals surface area contributed by atoms with Crippen LogP contribution in [-0.2, 0) is 12.4 Å². The van der Waals surface area contributed by atoms with Gasteiger partial charge in [0.1, 0.15) is 11.5 Å². The molecule has 66 heavy (non-hydrogen) atoms. The van der Waals surface area contributed by atoms with Gasteiger partial charge in [-0.3, -0.25) is 4.57 Å². The van der Waals surface area contributed by atoms with Crippen LogP contribution in [0.3, 0.4) is 0 Å². The predicted octanol–water partition coefficient (Wildman–Crippen LogP) is 15.1. The summed E-state index contributed by atoms with van der Waals surface area (Å²) in [5.74, 6) is 0.812. The minimum absolute atomic E-state index is 0.635. The molecule has 12 aromatic rings. The normalized spacial score (nSPS) is 12.6. The zero-order valence-corrected chi connectivity index (χ0v) is 36.0. The molecule has 3 aromatic heterocycles. The zero-order chi connectivity index (χ0) is 46.5. The van der Waals surface area contributed by atoms with E-state index in [-0.39, 0.29) is 0 Å². The molecule has 0 unspecified atom stereocenters. The molecule has 9 aromatic carbocycles. The summed E-state index contributed by atoms with van der Waals surface area (Å²) in [6, 6.07) is 85.4. The van der Waals surface area contributed by atoms with Gasteiger partial charge in [0.25, 0.3) is 0 Å². The Morgan fingerprint density at radius 1 is 0.424 bits per heavy atom. The first-order chi connectivity index (χ1) is 33.9. The molecule has 4 heteroatoms. The monoisotopic (exact) mass is 848 g/mol. The van der Waals surface area contributed by atoms with E-state index in [1.54, 1.807) is 6.33 Å². The summed E-state index contributed by atoms with van der Waals surface area (Å²) in [5, 5.41) is 2.25. The fourth-order valence-electron chi connectivity index (χ4n) is 10.3. The highest BCUT2D eigenvalue weighted by molar-refractivity contribution is 6.09. The van der Waals surface area contributed by atoms with E-state index in [1.807, 2.05) is 35.0 Å². The summed E-state index contributed by atoms with van der Waals surface area (Å²) >= 11 is 0. The Bertz CT molecular complexity index is 3720. The minimum atomic E-state index is -2.36. The Morgan fingerprint density at radius 2 is 0.970 bits per heavy atom. The lowest BCUT2D eigenvalue weighted by molar-refractivity contribution is 0.744. The lowest BCUT2D eigenvalue weighted by atomic mass is 9.65. The average Bonchev–Trinajstić information content (AvgIpc) is 3.97. The minimum Gasteiger partial charge on any atom is -0.294 e. The first-order valence-electron chi connectivity index (χ1n) is 23.9. The maximum Gasteiger partial charge on any atom is 0.191 e. The number of aromatic nitrogens is 4. The summed E-state index contributed by atoms with van der Waals surface area (Å²) in [5.41, 5.74) is 14.6. The lowest BCUT2D eigenvalue weighted by Gasteiger charge is -2.37. The summed E-state index contributed by atoms with van der Waals surface area (Å²) in [7, 11) is 0. The van der Waals surface area contributed by atoms with Gasteiger partial charge in [-0.2, -0.15) is 4.57 Å². The van der Waals surface area contributed by atoms with Crippen LogP contribution in [0.25, 0.3) is 77.7 Å². The van der Waals surface area contributed by atoms with Crippen LogP contribution < -0.4 is 0 Å². The molecule has 0 saturated heterocycles. The number of pyridine rings is 1. The molecule has 0 fully saturated rings. The van der Waals surface area contributed by atoms with Gasteiger partial charge in [0.2, 0.25) is 0 Å².